The second-order valence-corrected chi connectivity index (χ2v) is 10.3. The molecule has 2 heterocycles. The highest BCUT2D eigenvalue weighted by Crippen LogP contribution is 2.33. The molecule has 0 aromatic rings. The lowest BCUT2D eigenvalue weighted by Gasteiger charge is -2.18. The molecule has 5 atom stereocenters. The fraction of sp³-hybridized carbons (Fsp3) is 0.909. The number of unbranched alkanes of at least 4 members (excludes halogenated alkanes) is 1. The minimum atomic E-state index is -0.00778. The summed E-state index contributed by atoms with van der Waals surface area (Å²) in [6.07, 6.45) is 15.4. The van der Waals surface area contributed by atoms with Crippen LogP contribution in [-0.4, -0.2) is 34.9 Å². The largest absolute Gasteiger partial charge is 0.332 e. The Morgan fingerprint density at radius 1 is 1.00 bits per heavy atom. The number of urea groups is 1. The Morgan fingerprint density at radius 3 is 2.59 bits per heavy atom. The van der Waals surface area contributed by atoms with Gasteiger partial charge in [-0.1, -0.05) is 58.3 Å². The average molecular weight is 395 g/mol. The van der Waals surface area contributed by atoms with Crippen molar-refractivity contribution in [3.63, 3.8) is 0 Å². The lowest BCUT2D eigenvalue weighted by atomic mass is 9.88. The number of rotatable bonds is 6. The molecule has 3 rings (SSSR count). The standard InChI is InChI=1S/C22H38N2O2S/c1-16-9-4-2-3-5-11-17(12-8-10-16)19(25)13-6-7-14-20-21-18(15-27-20)23-22(26)24-21/h16-18,20-21H,2-15H2,1H3,(H2,23,24,26). The summed E-state index contributed by atoms with van der Waals surface area (Å²) in [5, 5.41) is 6.58. The van der Waals surface area contributed by atoms with Gasteiger partial charge in [0.25, 0.3) is 0 Å². The Bertz CT molecular complexity index is 499. The van der Waals surface area contributed by atoms with Gasteiger partial charge in [-0.2, -0.15) is 11.8 Å². The molecule has 0 spiro atoms. The summed E-state index contributed by atoms with van der Waals surface area (Å²) in [7, 11) is 0. The number of ketones is 1. The molecule has 1 aliphatic carbocycles. The zero-order valence-corrected chi connectivity index (χ0v) is 17.8. The third-order valence-corrected chi connectivity index (χ3v) is 8.31. The van der Waals surface area contributed by atoms with E-state index in [2.05, 4.69) is 17.6 Å². The first-order valence-electron chi connectivity index (χ1n) is 11.3. The van der Waals surface area contributed by atoms with E-state index in [1.807, 2.05) is 11.8 Å². The van der Waals surface area contributed by atoms with E-state index in [1.54, 1.807) is 0 Å². The Labute approximate surface area is 169 Å². The molecule has 27 heavy (non-hydrogen) atoms. The van der Waals surface area contributed by atoms with Crippen molar-refractivity contribution in [2.24, 2.45) is 11.8 Å². The number of nitrogens with one attached hydrogen (secondary N) is 2. The number of amides is 2. The van der Waals surface area contributed by atoms with Gasteiger partial charge in [0.2, 0.25) is 0 Å². The summed E-state index contributed by atoms with van der Waals surface area (Å²) in [5.74, 6) is 2.69. The summed E-state index contributed by atoms with van der Waals surface area (Å²) in [6, 6.07) is 0.595. The van der Waals surface area contributed by atoms with Gasteiger partial charge in [-0.05, 0) is 31.6 Å². The van der Waals surface area contributed by atoms with Gasteiger partial charge in [-0.15, -0.1) is 0 Å². The van der Waals surface area contributed by atoms with Crippen LogP contribution in [0, 0.1) is 11.8 Å². The average Bonchev–Trinajstić information content (AvgIpc) is 3.17. The molecule has 3 fully saturated rings. The van der Waals surface area contributed by atoms with Gasteiger partial charge in [0, 0.05) is 23.3 Å². The van der Waals surface area contributed by atoms with E-state index in [9.17, 15) is 9.59 Å². The summed E-state index contributed by atoms with van der Waals surface area (Å²) in [6.45, 7) is 2.38. The van der Waals surface area contributed by atoms with Gasteiger partial charge in [0.05, 0.1) is 12.1 Å². The van der Waals surface area contributed by atoms with Gasteiger partial charge in [-0.25, -0.2) is 4.79 Å². The Morgan fingerprint density at radius 2 is 1.74 bits per heavy atom. The molecule has 1 saturated carbocycles. The molecular formula is C22H38N2O2S. The van der Waals surface area contributed by atoms with Crippen molar-refractivity contribution >= 4 is 23.6 Å². The van der Waals surface area contributed by atoms with Gasteiger partial charge in [-0.3, -0.25) is 4.79 Å². The molecular weight excluding hydrogens is 356 g/mol. The highest BCUT2D eigenvalue weighted by molar-refractivity contribution is 8.00. The van der Waals surface area contributed by atoms with E-state index in [0.29, 0.717) is 29.0 Å². The van der Waals surface area contributed by atoms with Crippen LogP contribution in [0.15, 0.2) is 0 Å². The van der Waals surface area contributed by atoms with E-state index >= 15 is 0 Å². The SMILES string of the molecule is CC1CCCCCCC(C(=O)CCCCC2SCC3NC(=O)NC32)CCC1. The number of hydrogen-bond donors (Lipinski definition) is 2. The molecule has 0 aromatic carbocycles. The van der Waals surface area contributed by atoms with Crippen molar-refractivity contribution < 1.29 is 9.59 Å². The number of Topliss-reactive ketones (excluding diaryl/α,β-unsaturated/α-hetero) is 1. The molecule has 0 aromatic heterocycles. The van der Waals surface area contributed by atoms with Crippen LogP contribution in [-0.2, 0) is 4.79 Å². The maximum Gasteiger partial charge on any atom is 0.315 e. The fourth-order valence-corrected chi connectivity index (χ4v) is 6.60. The first-order valence-corrected chi connectivity index (χ1v) is 12.4. The van der Waals surface area contributed by atoms with Crippen molar-refractivity contribution in [3.05, 3.63) is 0 Å². The number of fused-ring (bicyclic) bond motifs is 1. The fourth-order valence-electron chi connectivity index (χ4n) is 5.05. The number of carbonyl (C=O) groups excluding carboxylic acids is 2. The van der Waals surface area contributed by atoms with Crippen LogP contribution in [0.25, 0.3) is 0 Å². The summed E-state index contributed by atoms with van der Waals surface area (Å²) < 4.78 is 0. The lowest BCUT2D eigenvalue weighted by molar-refractivity contribution is -0.123. The van der Waals surface area contributed by atoms with E-state index < -0.39 is 0 Å². The minimum absolute atomic E-state index is 0.00778. The first-order chi connectivity index (χ1) is 13.1. The van der Waals surface area contributed by atoms with Crippen LogP contribution < -0.4 is 10.6 Å². The quantitative estimate of drug-likeness (QED) is 0.489. The van der Waals surface area contributed by atoms with Gasteiger partial charge < -0.3 is 10.6 Å². The molecule has 3 aliphatic rings. The molecule has 0 bridgehead atoms. The molecule has 2 aliphatic heterocycles. The van der Waals surface area contributed by atoms with E-state index in [4.69, 9.17) is 0 Å². The maximum atomic E-state index is 12.8. The minimum Gasteiger partial charge on any atom is -0.332 e. The number of thioether (sulfide) groups is 1. The van der Waals surface area contributed by atoms with Crippen LogP contribution in [0.2, 0.25) is 0 Å². The maximum absolute atomic E-state index is 12.8. The van der Waals surface area contributed by atoms with Crippen molar-refractivity contribution in [1.82, 2.24) is 10.6 Å². The zero-order valence-electron chi connectivity index (χ0n) is 17.0. The second kappa shape index (κ2) is 10.7. The topological polar surface area (TPSA) is 58.2 Å². The molecule has 2 amide bonds. The third-order valence-electron chi connectivity index (χ3n) is 6.80. The van der Waals surface area contributed by atoms with E-state index in [1.165, 1.54) is 44.9 Å². The van der Waals surface area contributed by atoms with E-state index in [0.717, 1.165) is 50.2 Å². The van der Waals surface area contributed by atoms with Crippen molar-refractivity contribution in [3.8, 4) is 0 Å². The highest BCUT2D eigenvalue weighted by Gasteiger charge is 2.42. The first kappa shape index (κ1) is 21.0. The predicted octanol–water partition coefficient (Wildman–Crippen LogP) is 5.06. The van der Waals surface area contributed by atoms with Gasteiger partial charge >= 0.3 is 6.03 Å². The summed E-state index contributed by atoms with van der Waals surface area (Å²) >= 11 is 1.97. The molecule has 5 heteroatoms. The Balaban J connectivity index is 1.35. The molecule has 2 saturated heterocycles. The Hall–Kier alpha value is -0.710. The zero-order chi connectivity index (χ0) is 19.1. The Kier molecular flexibility index (Phi) is 8.35. The monoisotopic (exact) mass is 394 g/mol. The molecule has 154 valence electrons. The van der Waals surface area contributed by atoms with Gasteiger partial charge in [0.15, 0.2) is 0 Å². The van der Waals surface area contributed by atoms with Gasteiger partial charge in [0.1, 0.15) is 5.78 Å². The summed E-state index contributed by atoms with van der Waals surface area (Å²) in [5.41, 5.74) is 0. The van der Waals surface area contributed by atoms with Crippen LogP contribution >= 0.6 is 11.8 Å². The van der Waals surface area contributed by atoms with Crippen molar-refractivity contribution in [1.29, 1.82) is 0 Å². The normalized spacial score (nSPS) is 35.0. The highest BCUT2D eigenvalue weighted by atomic mass is 32.2. The molecule has 0 radical (unpaired) electrons. The van der Waals surface area contributed by atoms with Crippen LogP contribution in [0.3, 0.4) is 0 Å². The number of hydrogen-bond acceptors (Lipinski definition) is 3. The van der Waals surface area contributed by atoms with Crippen LogP contribution in [0.1, 0.15) is 90.4 Å². The predicted molar refractivity (Wildman–Crippen MR) is 113 cm³/mol. The molecule has 2 N–H and O–H groups in total. The van der Waals surface area contributed by atoms with E-state index in [-0.39, 0.29) is 6.03 Å². The third kappa shape index (κ3) is 6.40. The molecule has 4 nitrogen and oxygen atoms in total. The van der Waals surface area contributed by atoms with Crippen molar-refractivity contribution in [2.75, 3.05) is 5.75 Å². The molecule has 5 unspecified atom stereocenters. The summed E-state index contributed by atoms with van der Waals surface area (Å²) in [4.78, 5) is 24.2. The van der Waals surface area contributed by atoms with Crippen LogP contribution in [0.5, 0.6) is 0 Å². The second-order valence-electron chi connectivity index (χ2n) is 9.06. The smallest absolute Gasteiger partial charge is 0.315 e. The van der Waals surface area contributed by atoms with Crippen LogP contribution in [0.4, 0.5) is 4.79 Å². The number of carbonyl (C=O) groups is 2. The lowest BCUT2D eigenvalue weighted by Crippen LogP contribution is -2.36. The van der Waals surface area contributed by atoms with Crippen molar-refractivity contribution in [2.45, 2.75) is 108 Å².